The fourth-order valence-electron chi connectivity index (χ4n) is 3.17. The third kappa shape index (κ3) is 3.81. The summed E-state index contributed by atoms with van der Waals surface area (Å²) in [4.78, 5) is 41.4. The second-order valence-corrected chi connectivity index (χ2v) is 7.84. The van der Waals surface area contributed by atoms with Crippen LogP contribution in [0.1, 0.15) is 33.5 Å². The van der Waals surface area contributed by atoms with E-state index in [0.717, 1.165) is 11.4 Å². The molecule has 0 aliphatic rings. The predicted octanol–water partition coefficient (Wildman–Crippen LogP) is 3.07. The number of hydrogen-bond acceptors (Lipinski definition) is 7. The minimum absolute atomic E-state index is 0.277. The molecule has 0 bridgehead atoms. The van der Waals surface area contributed by atoms with Crippen LogP contribution in [0, 0.1) is 13.8 Å². The second kappa shape index (κ2) is 8.07. The summed E-state index contributed by atoms with van der Waals surface area (Å²) in [5.74, 6) is -0.762. The van der Waals surface area contributed by atoms with Gasteiger partial charge in [0.25, 0.3) is 5.91 Å². The van der Waals surface area contributed by atoms with Gasteiger partial charge in [-0.1, -0.05) is 6.07 Å². The van der Waals surface area contributed by atoms with Crippen molar-refractivity contribution >= 4 is 40.2 Å². The number of fused-ring (bicyclic) bond motifs is 1. The predicted molar refractivity (Wildman–Crippen MR) is 113 cm³/mol. The Morgan fingerprint density at radius 3 is 2.90 bits per heavy atom. The fourth-order valence-corrected chi connectivity index (χ4v) is 3.86. The molecule has 4 rings (SSSR count). The first-order valence-electron chi connectivity index (χ1n) is 9.29. The smallest absolute Gasteiger partial charge is 0.340 e. The number of aromatic nitrogens is 5. The maximum atomic E-state index is 12.7. The van der Waals surface area contributed by atoms with Gasteiger partial charge in [0.15, 0.2) is 17.6 Å². The Hall–Kier alpha value is -3.53. The summed E-state index contributed by atoms with van der Waals surface area (Å²) in [6.07, 6.45) is 1.76. The number of amides is 1. The van der Waals surface area contributed by atoms with Crippen LogP contribution in [0.2, 0.25) is 0 Å². The Bertz CT molecular complexity index is 1210. The highest BCUT2D eigenvalue weighted by molar-refractivity contribution is 7.09. The number of aryl methyl sites for hydroxylation is 1. The molecule has 0 unspecified atom stereocenters. The summed E-state index contributed by atoms with van der Waals surface area (Å²) in [6, 6.07) is 5.84. The Kier molecular flexibility index (Phi) is 5.32. The molecule has 0 aliphatic heterocycles. The highest BCUT2D eigenvalue weighted by atomic mass is 32.1. The molecule has 10 heteroatoms. The van der Waals surface area contributed by atoms with Crippen molar-refractivity contribution in [1.82, 2.24) is 24.5 Å². The van der Waals surface area contributed by atoms with Crippen molar-refractivity contribution in [3.05, 3.63) is 58.1 Å². The lowest BCUT2D eigenvalue weighted by atomic mass is 10.2. The summed E-state index contributed by atoms with van der Waals surface area (Å²) in [6.45, 7) is 6.02. The normalized spacial score (nSPS) is 12.1. The Labute approximate surface area is 176 Å². The molecule has 0 fully saturated rings. The molecule has 1 atom stereocenters. The topological polar surface area (TPSA) is 115 Å². The number of thiophene rings is 1. The number of imidazole rings is 1. The van der Waals surface area contributed by atoms with E-state index in [1.54, 1.807) is 17.4 Å². The molecule has 0 saturated carbocycles. The number of carbonyl (C=O) groups excluding carboxylic acids is 2. The van der Waals surface area contributed by atoms with Crippen LogP contribution < -0.4 is 5.32 Å². The first kappa shape index (κ1) is 19.8. The van der Waals surface area contributed by atoms with Crippen LogP contribution in [0.25, 0.3) is 11.2 Å². The number of hydrogen-bond donors (Lipinski definition) is 2. The lowest BCUT2D eigenvalue weighted by Crippen LogP contribution is -2.30. The molecule has 9 nitrogen and oxygen atoms in total. The first-order chi connectivity index (χ1) is 14.4. The van der Waals surface area contributed by atoms with E-state index >= 15 is 0 Å². The molecule has 0 radical (unpaired) electrons. The monoisotopic (exact) mass is 424 g/mol. The lowest BCUT2D eigenvalue weighted by Gasteiger charge is -2.13. The van der Waals surface area contributed by atoms with Crippen molar-refractivity contribution < 1.29 is 14.3 Å². The van der Waals surface area contributed by atoms with Gasteiger partial charge in [0.2, 0.25) is 0 Å². The average molecular weight is 424 g/mol. The van der Waals surface area contributed by atoms with E-state index in [1.165, 1.54) is 24.5 Å². The zero-order valence-electron chi connectivity index (χ0n) is 16.7. The van der Waals surface area contributed by atoms with Crippen molar-refractivity contribution in [1.29, 1.82) is 0 Å². The molecule has 0 aliphatic carbocycles. The molecule has 154 valence electrons. The Morgan fingerprint density at radius 2 is 2.13 bits per heavy atom. The van der Waals surface area contributed by atoms with Crippen LogP contribution in [-0.2, 0) is 16.1 Å². The molecule has 30 heavy (non-hydrogen) atoms. The molecule has 4 aromatic rings. The van der Waals surface area contributed by atoms with E-state index in [0.29, 0.717) is 23.3 Å². The van der Waals surface area contributed by atoms with Gasteiger partial charge in [0.05, 0.1) is 18.4 Å². The Morgan fingerprint density at radius 1 is 1.30 bits per heavy atom. The van der Waals surface area contributed by atoms with Crippen molar-refractivity contribution in [2.24, 2.45) is 0 Å². The summed E-state index contributed by atoms with van der Waals surface area (Å²) >= 11 is 1.66. The number of esters is 1. The van der Waals surface area contributed by atoms with Crippen molar-refractivity contribution in [3.63, 3.8) is 0 Å². The average Bonchev–Trinajstić information content (AvgIpc) is 3.45. The number of rotatable bonds is 6. The quantitative estimate of drug-likeness (QED) is 0.460. The maximum absolute atomic E-state index is 12.7. The molecule has 4 aromatic heterocycles. The maximum Gasteiger partial charge on any atom is 0.340 e. The minimum atomic E-state index is -1.01. The molecule has 1 amide bonds. The molecular weight excluding hydrogens is 404 g/mol. The molecule has 0 saturated heterocycles. The van der Waals surface area contributed by atoms with E-state index in [2.05, 4.69) is 35.9 Å². The summed E-state index contributed by atoms with van der Waals surface area (Å²) in [7, 11) is 0. The largest absolute Gasteiger partial charge is 0.449 e. The second-order valence-electron chi connectivity index (χ2n) is 6.81. The van der Waals surface area contributed by atoms with E-state index in [1.807, 2.05) is 25.3 Å². The van der Waals surface area contributed by atoms with Gasteiger partial charge in [-0.2, -0.15) is 0 Å². The summed E-state index contributed by atoms with van der Waals surface area (Å²) in [5.41, 5.74) is 3.13. The van der Waals surface area contributed by atoms with Gasteiger partial charge >= 0.3 is 5.97 Å². The fraction of sp³-hybridized carbons (Fsp3) is 0.250. The van der Waals surface area contributed by atoms with Crippen molar-refractivity contribution in [2.75, 3.05) is 5.32 Å². The number of nitrogens with zero attached hydrogens (tertiary/aromatic N) is 4. The highest BCUT2D eigenvalue weighted by Crippen LogP contribution is 2.21. The third-order valence-electron chi connectivity index (χ3n) is 4.81. The van der Waals surface area contributed by atoms with Gasteiger partial charge in [-0.05, 0) is 38.3 Å². The number of aromatic amines is 1. The van der Waals surface area contributed by atoms with Gasteiger partial charge in [0.1, 0.15) is 11.8 Å². The number of nitrogens with one attached hydrogen (secondary N) is 2. The highest BCUT2D eigenvalue weighted by Gasteiger charge is 2.23. The van der Waals surface area contributed by atoms with Gasteiger partial charge in [-0.3, -0.25) is 4.79 Å². The Balaban J connectivity index is 1.45. The molecule has 0 aromatic carbocycles. The summed E-state index contributed by atoms with van der Waals surface area (Å²) < 4.78 is 7.48. The molecule has 2 N–H and O–H groups in total. The third-order valence-corrected chi connectivity index (χ3v) is 5.67. The summed E-state index contributed by atoms with van der Waals surface area (Å²) in [5, 5.41) is 4.67. The first-order valence-corrected chi connectivity index (χ1v) is 10.2. The van der Waals surface area contributed by atoms with E-state index in [-0.39, 0.29) is 5.82 Å². The SMILES string of the molecule is Cc1cc(C(=O)O[C@@H](C)C(=O)Nc2ncnc3nc[nH]c23)c(C)n1Cc1cccs1. The van der Waals surface area contributed by atoms with E-state index in [9.17, 15) is 9.59 Å². The zero-order valence-corrected chi connectivity index (χ0v) is 17.5. The number of ether oxygens (including phenoxy) is 1. The van der Waals surface area contributed by atoms with Gasteiger partial charge < -0.3 is 19.6 Å². The zero-order chi connectivity index (χ0) is 21.3. The minimum Gasteiger partial charge on any atom is -0.449 e. The van der Waals surface area contributed by atoms with E-state index < -0.39 is 18.0 Å². The molecular formula is C20H20N6O3S. The van der Waals surface area contributed by atoms with Gasteiger partial charge in [0, 0.05) is 16.3 Å². The molecule has 0 spiro atoms. The van der Waals surface area contributed by atoms with Crippen LogP contribution in [0.15, 0.2) is 36.2 Å². The van der Waals surface area contributed by atoms with Crippen LogP contribution >= 0.6 is 11.3 Å². The van der Waals surface area contributed by atoms with Crippen molar-refractivity contribution in [2.45, 2.75) is 33.4 Å². The van der Waals surface area contributed by atoms with Crippen LogP contribution in [0.3, 0.4) is 0 Å². The van der Waals surface area contributed by atoms with Crippen LogP contribution in [0.5, 0.6) is 0 Å². The van der Waals surface area contributed by atoms with Gasteiger partial charge in [-0.15, -0.1) is 11.3 Å². The number of anilines is 1. The van der Waals surface area contributed by atoms with E-state index in [4.69, 9.17) is 4.74 Å². The number of H-pyrrole nitrogens is 1. The molecule has 4 heterocycles. The van der Waals surface area contributed by atoms with Gasteiger partial charge in [-0.25, -0.2) is 19.7 Å². The van der Waals surface area contributed by atoms with Crippen LogP contribution in [-0.4, -0.2) is 42.5 Å². The van der Waals surface area contributed by atoms with Crippen molar-refractivity contribution in [3.8, 4) is 0 Å². The number of carbonyl (C=O) groups is 2. The standard InChI is InChI=1S/C20H20N6O3S/c1-11-7-15(12(2)26(11)8-14-5-4-6-30-14)20(28)29-13(3)19(27)25-18-16-17(22-9-21-16)23-10-24-18/h4-7,9-10,13H,8H2,1-3H3,(H2,21,22,23,24,25,27)/t13-/m0/s1. The lowest BCUT2D eigenvalue weighted by molar-refractivity contribution is -0.123. The van der Waals surface area contributed by atoms with Crippen LogP contribution in [0.4, 0.5) is 5.82 Å².